The molecule has 2 heteroatoms. The molecule has 2 aliphatic carbocycles. The van der Waals surface area contributed by atoms with Crippen LogP contribution in [0.3, 0.4) is 0 Å². The highest BCUT2D eigenvalue weighted by atomic mass is 15.1. The minimum atomic E-state index is 0.488. The van der Waals surface area contributed by atoms with Crippen LogP contribution in [-0.2, 0) is 0 Å². The summed E-state index contributed by atoms with van der Waals surface area (Å²) < 4.78 is 0. The van der Waals surface area contributed by atoms with Gasteiger partial charge in [0.2, 0.25) is 0 Å². The van der Waals surface area contributed by atoms with Crippen LogP contribution in [0.2, 0.25) is 0 Å². The van der Waals surface area contributed by atoms with Crippen LogP contribution in [0.1, 0.15) is 32.1 Å². The molecule has 0 radical (unpaired) electrons. The Morgan fingerprint density at radius 2 is 1.92 bits per heavy atom. The van der Waals surface area contributed by atoms with Gasteiger partial charge in [-0.25, -0.2) is 0 Å². The second-order valence-electron chi connectivity index (χ2n) is 5.02. The van der Waals surface area contributed by atoms with E-state index < -0.39 is 0 Å². The molecule has 0 aromatic carbocycles. The summed E-state index contributed by atoms with van der Waals surface area (Å²) in [6, 6.07) is 0.488. The van der Waals surface area contributed by atoms with Crippen molar-refractivity contribution < 1.29 is 0 Å². The first kappa shape index (κ1) is 9.47. The van der Waals surface area contributed by atoms with Crippen LogP contribution in [0.25, 0.3) is 0 Å². The van der Waals surface area contributed by atoms with Crippen molar-refractivity contribution in [2.75, 3.05) is 20.1 Å². The summed E-state index contributed by atoms with van der Waals surface area (Å²) >= 11 is 0. The van der Waals surface area contributed by atoms with Gasteiger partial charge < -0.3 is 10.6 Å². The smallest absolute Gasteiger partial charge is 0.00793 e. The molecule has 2 fully saturated rings. The van der Waals surface area contributed by atoms with Gasteiger partial charge in [0.15, 0.2) is 0 Å². The molecule has 2 N–H and O–H groups in total. The Morgan fingerprint density at radius 3 is 2.46 bits per heavy atom. The Morgan fingerprint density at radius 1 is 1.15 bits per heavy atom. The van der Waals surface area contributed by atoms with Gasteiger partial charge >= 0.3 is 0 Å². The predicted octanol–water partition coefficient (Wildman–Crippen LogP) is 1.46. The zero-order chi connectivity index (χ0) is 9.26. The van der Waals surface area contributed by atoms with Gasteiger partial charge in [-0.3, -0.25) is 0 Å². The molecule has 2 nitrogen and oxygen atoms in total. The molecule has 0 bridgehead atoms. The van der Waals surface area contributed by atoms with Crippen LogP contribution in [0.4, 0.5) is 0 Å². The molecule has 76 valence electrons. The number of nitrogens with two attached hydrogens (primary N) is 1. The summed E-state index contributed by atoms with van der Waals surface area (Å²) in [7, 11) is 2.25. The molecule has 2 saturated carbocycles. The quantitative estimate of drug-likeness (QED) is 0.713. The SMILES string of the molecule is CN(CC1CC1)CC1CCCC1N. The van der Waals surface area contributed by atoms with Gasteiger partial charge in [-0.2, -0.15) is 0 Å². The minimum Gasteiger partial charge on any atom is -0.327 e. The molecule has 0 aromatic heterocycles. The zero-order valence-electron chi connectivity index (χ0n) is 8.71. The molecular formula is C11H22N2. The van der Waals surface area contributed by atoms with E-state index in [1.807, 2.05) is 0 Å². The molecule has 2 rings (SSSR count). The van der Waals surface area contributed by atoms with Gasteiger partial charge in [-0.15, -0.1) is 0 Å². The normalized spacial score (nSPS) is 34.4. The lowest BCUT2D eigenvalue weighted by Crippen LogP contribution is -2.35. The molecule has 0 amide bonds. The lowest BCUT2D eigenvalue weighted by molar-refractivity contribution is 0.257. The van der Waals surface area contributed by atoms with E-state index in [4.69, 9.17) is 5.73 Å². The van der Waals surface area contributed by atoms with Crippen molar-refractivity contribution >= 4 is 0 Å². The van der Waals surface area contributed by atoms with Gasteiger partial charge in [0, 0.05) is 19.1 Å². The van der Waals surface area contributed by atoms with E-state index in [1.165, 1.54) is 45.2 Å². The van der Waals surface area contributed by atoms with Crippen LogP contribution >= 0.6 is 0 Å². The van der Waals surface area contributed by atoms with Crippen molar-refractivity contribution in [2.24, 2.45) is 17.6 Å². The summed E-state index contributed by atoms with van der Waals surface area (Å²) in [5, 5.41) is 0. The lowest BCUT2D eigenvalue weighted by atomic mass is 10.0. The van der Waals surface area contributed by atoms with E-state index in [0.717, 1.165) is 11.8 Å². The van der Waals surface area contributed by atoms with E-state index in [1.54, 1.807) is 0 Å². The fourth-order valence-electron chi connectivity index (χ4n) is 2.51. The number of hydrogen-bond acceptors (Lipinski definition) is 2. The second-order valence-corrected chi connectivity index (χ2v) is 5.02. The van der Waals surface area contributed by atoms with Crippen LogP contribution in [0.15, 0.2) is 0 Å². The Bertz CT molecular complexity index is 165. The Kier molecular flexibility index (Phi) is 2.89. The van der Waals surface area contributed by atoms with Gasteiger partial charge in [-0.05, 0) is 44.6 Å². The highest BCUT2D eigenvalue weighted by molar-refractivity contribution is 4.83. The maximum atomic E-state index is 6.05. The average Bonchev–Trinajstić information content (AvgIpc) is 2.79. The van der Waals surface area contributed by atoms with Gasteiger partial charge in [0.05, 0.1) is 0 Å². The summed E-state index contributed by atoms with van der Waals surface area (Å²) in [5.41, 5.74) is 6.05. The fraction of sp³-hybridized carbons (Fsp3) is 1.00. The molecule has 0 aromatic rings. The van der Waals surface area contributed by atoms with Gasteiger partial charge in [0.25, 0.3) is 0 Å². The Labute approximate surface area is 81.5 Å². The van der Waals surface area contributed by atoms with Crippen molar-refractivity contribution in [3.63, 3.8) is 0 Å². The standard InChI is InChI=1S/C11H22N2/c1-13(7-9-5-6-9)8-10-3-2-4-11(10)12/h9-11H,2-8,12H2,1H3. The first-order valence-corrected chi connectivity index (χ1v) is 5.70. The molecule has 2 aliphatic rings. The molecule has 0 saturated heterocycles. The van der Waals surface area contributed by atoms with Gasteiger partial charge in [-0.1, -0.05) is 6.42 Å². The van der Waals surface area contributed by atoms with E-state index >= 15 is 0 Å². The van der Waals surface area contributed by atoms with Crippen LogP contribution < -0.4 is 5.73 Å². The first-order chi connectivity index (χ1) is 6.25. The van der Waals surface area contributed by atoms with E-state index in [9.17, 15) is 0 Å². The summed E-state index contributed by atoms with van der Waals surface area (Å²) in [6.07, 6.45) is 6.88. The number of rotatable bonds is 4. The summed E-state index contributed by atoms with van der Waals surface area (Å²) in [4.78, 5) is 2.49. The molecule has 0 spiro atoms. The third kappa shape index (κ3) is 2.68. The monoisotopic (exact) mass is 182 g/mol. The number of hydrogen-bond donors (Lipinski definition) is 1. The minimum absolute atomic E-state index is 0.488. The average molecular weight is 182 g/mol. The van der Waals surface area contributed by atoms with Crippen LogP contribution in [-0.4, -0.2) is 31.1 Å². The van der Waals surface area contributed by atoms with Crippen molar-refractivity contribution in [1.82, 2.24) is 4.90 Å². The van der Waals surface area contributed by atoms with Crippen LogP contribution in [0.5, 0.6) is 0 Å². The lowest BCUT2D eigenvalue weighted by Gasteiger charge is -2.23. The van der Waals surface area contributed by atoms with E-state index in [-0.39, 0.29) is 0 Å². The summed E-state index contributed by atoms with van der Waals surface area (Å²) in [5.74, 6) is 1.80. The van der Waals surface area contributed by atoms with Crippen molar-refractivity contribution in [1.29, 1.82) is 0 Å². The summed E-state index contributed by atoms with van der Waals surface area (Å²) in [6.45, 7) is 2.54. The maximum absolute atomic E-state index is 6.05. The Hall–Kier alpha value is -0.0800. The van der Waals surface area contributed by atoms with Gasteiger partial charge in [0.1, 0.15) is 0 Å². The van der Waals surface area contributed by atoms with Crippen molar-refractivity contribution in [3.05, 3.63) is 0 Å². The fourth-order valence-corrected chi connectivity index (χ4v) is 2.51. The van der Waals surface area contributed by atoms with E-state index in [0.29, 0.717) is 6.04 Å². The Balaban J connectivity index is 1.69. The third-order valence-corrected chi connectivity index (χ3v) is 3.53. The maximum Gasteiger partial charge on any atom is 0.00793 e. The molecule has 0 heterocycles. The zero-order valence-corrected chi connectivity index (χ0v) is 8.71. The topological polar surface area (TPSA) is 29.3 Å². The molecule has 2 atom stereocenters. The highest BCUT2D eigenvalue weighted by Crippen LogP contribution is 2.30. The van der Waals surface area contributed by atoms with E-state index in [2.05, 4.69) is 11.9 Å². The first-order valence-electron chi connectivity index (χ1n) is 5.70. The van der Waals surface area contributed by atoms with Crippen molar-refractivity contribution in [2.45, 2.75) is 38.1 Å². The predicted molar refractivity (Wildman–Crippen MR) is 55.5 cm³/mol. The second kappa shape index (κ2) is 3.97. The number of nitrogens with zero attached hydrogens (tertiary/aromatic N) is 1. The molecule has 2 unspecified atom stereocenters. The van der Waals surface area contributed by atoms with Crippen LogP contribution in [0, 0.1) is 11.8 Å². The molecule has 13 heavy (non-hydrogen) atoms. The largest absolute Gasteiger partial charge is 0.327 e. The third-order valence-electron chi connectivity index (χ3n) is 3.53. The molecule has 0 aliphatic heterocycles. The van der Waals surface area contributed by atoms with Crippen molar-refractivity contribution in [3.8, 4) is 0 Å². The highest BCUT2D eigenvalue weighted by Gasteiger charge is 2.27. The molecular weight excluding hydrogens is 160 g/mol.